The van der Waals surface area contributed by atoms with E-state index in [-0.39, 0.29) is 11.5 Å². The normalized spacial score (nSPS) is 28.8. The molecule has 3 aromatic rings. The summed E-state index contributed by atoms with van der Waals surface area (Å²) in [6, 6.07) is 13.9. The number of morpholine rings is 1. The monoisotopic (exact) mass is 743 g/mol. The van der Waals surface area contributed by atoms with Gasteiger partial charge in [0.1, 0.15) is 17.4 Å². The van der Waals surface area contributed by atoms with Gasteiger partial charge in [-0.25, -0.2) is 4.79 Å². The summed E-state index contributed by atoms with van der Waals surface area (Å²) < 4.78 is 25.4. The quantitative estimate of drug-likeness (QED) is 0.214. The Balaban J connectivity index is 1.06. The number of nitrogens with one attached hydrogen (secondary N) is 1. The van der Waals surface area contributed by atoms with E-state index in [4.69, 9.17) is 30.5 Å². The van der Waals surface area contributed by atoms with Gasteiger partial charge >= 0.3 is 5.97 Å². The van der Waals surface area contributed by atoms with Crippen LogP contribution in [0.3, 0.4) is 0 Å². The third-order valence-corrected chi connectivity index (χ3v) is 13.1. The van der Waals surface area contributed by atoms with Gasteiger partial charge in [0, 0.05) is 54.2 Å². The molecule has 8 rings (SSSR count). The van der Waals surface area contributed by atoms with Gasteiger partial charge in [-0.3, -0.25) is 9.88 Å². The zero-order valence-corrected chi connectivity index (χ0v) is 32.0. The third-order valence-electron chi connectivity index (χ3n) is 12.9. The number of aliphatic carboxylic acids is 1. The molecule has 10 heteroatoms. The van der Waals surface area contributed by atoms with Gasteiger partial charge in [-0.2, -0.15) is 0 Å². The number of ether oxygens (including phenoxy) is 4. The second-order valence-electron chi connectivity index (χ2n) is 16.4. The predicted octanol–water partition coefficient (Wildman–Crippen LogP) is 8.06. The molecule has 284 valence electrons. The molecule has 2 fully saturated rings. The summed E-state index contributed by atoms with van der Waals surface area (Å²) in [6.45, 7) is 10.1. The Labute approximate surface area is 318 Å². The molecule has 2 N–H and O–H groups in total. The number of carboxylic acid groups (broad SMARTS) is 1. The SMILES string of the molecule is C[C@@H](COc1ccnc2c1[C@H](C)CCC2)C[C@H]1Cc2cc3c(cc2C12CCC(Nc1cccc(Cl)c1)(C(=O)O)CC2)O[C@@H](CN1CCOCC1)CCO3. The topological polar surface area (TPSA) is 102 Å². The molecule has 1 spiro atoms. The number of nitrogens with zero attached hydrogens (tertiary/aromatic N) is 2. The molecular weight excluding hydrogens is 690 g/mol. The summed E-state index contributed by atoms with van der Waals surface area (Å²) >= 11 is 6.32. The van der Waals surface area contributed by atoms with E-state index in [1.807, 2.05) is 36.5 Å². The highest BCUT2D eigenvalue weighted by molar-refractivity contribution is 6.30. The first-order chi connectivity index (χ1) is 25.7. The number of benzene rings is 2. The summed E-state index contributed by atoms with van der Waals surface area (Å²) in [4.78, 5) is 20.2. The number of rotatable bonds is 10. The molecule has 0 amide bonds. The molecule has 0 bridgehead atoms. The van der Waals surface area contributed by atoms with Crippen molar-refractivity contribution in [2.45, 2.75) is 101 Å². The largest absolute Gasteiger partial charge is 0.493 e. The number of anilines is 1. The van der Waals surface area contributed by atoms with E-state index in [1.54, 1.807) is 0 Å². The van der Waals surface area contributed by atoms with Crippen LogP contribution in [-0.4, -0.2) is 78.7 Å². The molecule has 2 aromatic carbocycles. The van der Waals surface area contributed by atoms with Crippen LogP contribution in [0.1, 0.15) is 93.5 Å². The number of pyridine rings is 1. The molecule has 0 radical (unpaired) electrons. The van der Waals surface area contributed by atoms with Crippen LogP contribution in [0.2, 0.25) is 5.02 Å². The minimum atomic E-state index is -1.08. The van der Waals surface area contributed by atoms with Crippen molar-refractivity contribution < 1.29 is 28.8 Å². The summed E-state index contributed by atoms with van der Waals surface area (Å²) in [7, 11) is 0. The Morgan fingerprint density at radius 3 is 2.72 bits per heavy atom. The van der Waals surface area contributed by atoms with E-state index in [1.165, 1.54) is 35.2 Å². The molecule has 53 heavy (non-hydrogen) atoms. The number of aromatic nitrogens is 1. The lowest BCUT2D eigenvalue weighted by Crippen LogP contribution is -2.53. The molecule has 0 unspecified atom stereocenters. The van der Waals surface area contributed by atoms with Gasteiger partial charge < -0.3 is 29.4 Å². The van der Waals surface area contributed by atoms with Gasteiger partial charge in [-0.15, -0.1) is 0 Å². The van der Waals surface area contributed by atoms with E-state index < -0.39 is 11.5 Å². The van der Waals surface area contributed by atoms with Crippen LogP contribution in [0.5, 0.6) is 17.2 Å². The molecule has 1 saturated heterocycles. The zero-order valence-electron chi connectivity index (χ0n) is 31.2. The molecule has 5 aliphatic rings. The summed E-state index contributed by atoms with van der Waals surface area (Å²) in [5.41, 5.74) is 4.56. The fourth-order valence-corrected chi connectivity index (χ4v) is 10.2. The lowest BCUT2D eigenvalue weighted by Gasteiger charge is -2.47. The molecule has 1 aromatic heterocycles. The van der Waals surface area contributed by atoms with Gasteiger partial charge in [0.15, 0.2) is 11.5 Å². The first-order valence-corrected chi connectivity index (χ1v) is 20.2. The third kappa shape index (κ3) is 7.46. The van der Waals surface area contributed by atoms with Crippen LogP contribution < -0.4 is 19.5 Å². The first kappa shape index (κ1) is 36.4. The summed E-state index contributed by atoms with van der Waals surface area (Å²) in [5.74, 6) is 2.90. The van der Waals surface area contributed by atoms with Crippen LogP contribution >= 0.6 is 11.6 Å². The Hall–Kier alpha value is -3.53. The highest BCUT2D eigenvalue weighted by Gasteiger charge is 2.54. The maximum Gasteiger partial charge on any atom is 0.329 e. The average Bonchev–Trinajstić information content (AvgIpc) is 3.27. The molecule has 4 atom stereocenters. The van der Waals surface area contributed by atoms with Crippen molar-refractivity contribution in [3.05, 3.63) is 76.1 Å². The van der Waals surface area contributed by atoms with Gasteiger partial charge in [0.25, 0.3) is 0 Å². The van der Waals surface area contributed by atoms with E-state index in [2.05, 4.69) is 41.2 Å². The van der Waals surface area contributed by atoms with Crippen molar-refractivity contribution in [2.75, 3.05) is 51.4 Å². The predicted molar refractivity (Wildman–Crippen MR) is 206 cm³/mol. The highest BCUT2D eigenvalue weighted by Crippen LogP contribution is 2.58. The minimum Gasteiger partial charge on any atom is -0.493 e. The lowest BCUT2D eigenvalue weighted by atomic mass is 9.59. The molecule has 9 nitrogen and oxygen atoms in total. The van der Waals surface area contributed by atoms with Crippen LogP contribution in [0.4, 0.5) is 5.69 Å². The second kappa shape index (κ2) is 15.3. The van der Waals surface area contributed by atoms with Crippen molar-refractivity contribution in [2.24, 2.45) is 11.8 Å². The number of hydrogen-bond acceptors (Lipinski definition) is 8. The molecule has 2 aliphatic heterocycles. The Morgan fingerprint density at radius 1 is 1.09 bits per heavy atom. The van der Waals surface area contributed by atoms with E-state index >= 15 is 0 Å². The van der Waals surface area contributed by atoms with Gasteiger partial charge in [-0.1, -0.05) is 31.5 Å². The maximum absolute atomic E-state index is 13.1. The molecule has 3 aliphatic carbocycles. The van der Waals surface area contributed by atoms with Crippen LogP contribution in [0.25, 0.3) is 0 Å². The van der Waals surface area contributed by atoms with Crippen molar-refractivity contribution >= 4 is 23.3 Å². The number of fused-ring (bicyclic) bond motifs is 4. The smallest absolute Gasteiger partial charge is 0.329 e. The number of hydrogen-bond donors (Lipinski definition) is 2. The Bertz CT molecular complexity index is 1790. The highest BCUT2D eigenvalue weighted by atomic mass is 35.5. The number of carboxylic acids is 1. The van der Waals surface area contributed by atoms with Crippen LogP contribution in [0.15, 0.2) is 48.7 Å². The van der Waals surface area contributed by atoms with Gasteiger partial charge in [0.2, 0.25) is 0 Å². The summed E-state index contributed by atoms with van der Waals surface area (Å²) in [6.07, 6.45) is 10.6. The Kier molecular flexibility index (Phi) is 10.5. The fraction of sp³-hybridized carbons (Fsp3) is 0.581. The van der Waals surface area contributed by atoms with Crippen LogP contribution in [-0.2, 0) is 27.8 Å². The van der Waals surface area contributed by atoms with Crippen molar-refractivity contribution in [1.82, 2.24) is 9.88 Å². The minimum absolute atomic E-state index is 0.0345. The van der Waals surface area contributed by atoms with Gasteiger partial charge in [0.05, 0.1) is 26.4 Å². The molecule has 3 heterocycles. The second-order valence-corrected chi connectivity index (χ2v) is 16.9. The Morgan fingerprint density at radius 2 is 1.92 bits per heavy atom. The number of aryl methyl sites for hydroxylation is 1. The van der Waals surface area contributed by atoms with E-state index in [9.17, 15) is 9.90 Å². The van der Waals surface area contributed by atoms with Crippen molar-refractivity contribution in [3.8, 4) is 17.2 Å². The lowest BCUT2D eigenvalue weighted by molar-refractivity contribution is -0.144. The van der Waals surface area contributed by atoms with Crippen molar-refractivity contribution in [3.63, 3.8) is 0 Å². The maximum atomic E-state index is 13.1. The standard InChI is InChI=1S/C43H54ClN3O6/c1-28(27-52-37-9-15-45-36-8-3-5-29(2)40(36)37)21-31-22-30-23-38-39(53-34(10-18-51-38)26-47-16-19-50-20-17-47)25-35(30)42(31)11-13-43(14-12-42,41(48)49)46-33-7-4-6-32(44)24-33/h4,6-7,9,15,23-25,28-29,31,34,46H,3,5,8,10-14,16-22,26-27H2,1-2H3,(H,48,49)/t28-,29-,31+,34-,42?,43?/m1/s1. The van der Waals surface area contributed by atoms with Gasteiger partial charge in [-0.05, 0) is 128 Å². The summed E-state index contributed by atoms with van der Waals surface area (Å²) in [5, 5.41) is 14.7. The molecule has 1 saturated carbocycles. The van der Waals surface area contributed by atoms with Crippen LogP contribution in [0, 0.1) is 11.8 Å². The number of halogens is 1. The number of carbonyl (C=O) groups is 1. The fourth-order valence-electron chi connectivity index (χ4n) is 10.1. The first-order valence-electron chi connectivity index (χ1n) is 19.9. The van der Waals surface area contributed by atoms with Crippen molar-refractivity contribution in [1.29, 1.82) is 0 Å². The molecular formula is C43H54ClN3O6. The van der Waals surface area contributed by atoms with E-state index in [0.29, 0.717) is 48.8 Å². The van der Waals surface area contributed by atoms with E-state index in [0.717, 1.165) is 94.3 Å². The average molecular weight is 744 g/mol. The zero-order chi connectivity index (χ0) is 36.6.